The zero-order valence-corrected chi connectivity index (χ0v) is 19.9. The zero-order chi connectivity index (χ0) is 23.2. The zero-order valence-electron chi connectivity index (χ0n) is 19.9. The molecule has 34 heavy (non-hydrogen) atoms. The second-order valence-corrected chi connectivity index (χ2v) is 11.0. The van der Waals surface area contributed by atoms with Crippen LogP contribution in [0.3, 0.4) is 0 Å². The number of amides is 1. The molecule has 3 saturated carbocycles. The minimum Gasteiger partial charge on any atom is -0.478 e. The van der Waals surface area contributed by atoms with Crippen molar-refractivity contribution in [3.05, 3.63) is 47.3 Å². The smallest absolute Gasteiger partial charge is 0.339 e. The van der Waals surface area contributed by atoms with Gasteiger partial charge in [0.2, 0.25) is 5.91 Å². The molecule has 1 N–H and O–H groups in total. The van der Waals surface area contributed by atoms with Crippen molar-refractivity contribution in [1.82, 2.24) is 14.7 Å². The van der Waals surface area contributed by atoms with E-state index < -0.39 is 5.97 Å². The Hall–Kier alpha value is -2.63. The molecule has 6 heteroatoms. The van der Waals surface area contributed by atoms with Gasteiger partial charge >= 0.3 is 5.97 Å². The van der Waals surface area contributed by atoms with Crippen LogP contribution in [0, 0.1) is 11.8 Å². The van der Waals surface area contributed by atoms with Crippen molar-refractivity contribution in [2.24, 2.45) is 11.8 Å². The van der Waals surface area contributed by atoms with E-state index in [0.29, 0.717) is 23.4 Å². The summed E-state index contributed by atoms with van der Waals surface area (Å²) >= 11 is 0. The highest BCUT2D eigenvalue weighted by Gasteiger charge is 2.40. The summed E-state index contributed by atoms with van der Waals surface area (Å²) < 4.78 is 1.84. The lowest BCUT2D eigenvalue weighted by molar-refractivity contribution is -0.139. The van der Waals surface area contributed by atoms with Gasteiger partial charge in [0.05, 0.1) is 17.6 Å². The molecule has 0 spiro atoms. The van der Waals surface area contributed by atoms with Gasteiger partial charge in [0.15, 0.2) is 0 Å². The van der Waals surface area contributed by atoms with E-state index >= 15 is 0 Å². The molecular weight excluding hydrogens is 426 g/mol. The maximum atomic E-state index is 13.6. The topological polar surface area (TPSA) is 75.4 Å². The molecule has 1 saturated heterocycles. The lowest BCUT2D eigenvalue weighted by atomic mass is 9.76. The lowest BCUT2D eigenvalue weighted by Crippen LogP contribution is -2.45. The number of carbonyl (C=O) groups excluding carboxylic acids is 1. The molecule has 1 aromatic carbocycles. The molecule has 4 aliphatic rings. The van der Waals surface area contributed by atoms with Gasteiger partial charge in [-0.3, -0.25) is 4.79 Å². The molecule has 3 unspecified atom stereocenters. The van der Waals surface area contributed by atoms with Crippen LogP contribution in [0.5, 0.6) is 0 Å². The van der Waals surface area contributed by atoms with E-state index in [0.717, 1.165) is 68.8 Å². The predicted octanol–water partition coefficient (Wildman–Crippen LogP) is 5.51. The number of benzene rings is 1. The van der Waals surface area contributed by atoms with Crippen LogP contribution in [-0.4, -0.2) is 44.3 Å². The normalized spacial score (nSPS) is 27.5. The van der Waals surface area contributed by atoms with Crippen LogP contribution in [0.2, 0.25) is 0 Å². The van der Waals surface area contributed by atoms with E-state index in [-0.39, 0.29) is 11.8 Å². The van der Waals surface area contributed by atoms with Crippen LogP contribution >= 0.6 is 0 Å². The van der Waals surface area contributed by atoms with Crippen molar-refractivity contribution in [1.29, 1.82) is 0 Å². The molecule has 3 aliphatic carbocycles. The minimum absolute atomic E-state index is 0.133. The number of hydrogen-bond acceptors (Lipinski definition) is 3. The summed E-state index contributed by atoms with van der Waals surface area (Å²) in [7, 11) is 0. The number of likely N-dealkylation sites (tertiary alicyclic amines) is 1. The first kappa shape index (κ1) is 21.9. The Morgan fingerprint density at radius 1 is 0.941 bits per heavy atom. The van der Waals surface area contributed by atoms with E-state index in [4.69, 9.17) is 0 Å². The molecule has 2 heterocycles. The highest BCUT2D eigenvalue weighted by Crippen LogP contribution is 2.44. The monoisotopic (exact) mass is 461 g/mol. The van der Waals surface area contributed by atoms with Gasteiger partial charge in [-0.25, -0.2) is 9.48 Å². The Bertz CT molecular complexity index is 1080. The number of carbonyl (C=O) groups is 2. The Balaban J connectivity index is 1.21. The Morgan fingerprint density at radius 2 is 1.76 bits per heavy atom. The van der Waals surface area contributed by atoms with Crippen molar-refractivity contribution in [2.75, 3.05) is 6.54 Å². The lowest BCUT2D eigenvalue weighted by Gasteiger charge is -2.39. The van der Waals surface area contributed by atoms with E-state index in [1.165, 1.54) is 37.4 Å². The fourth-order valence-electron chi connectivity index (χ4n) is 6.72. The molecule has 1 amide bonds. The molecule has 2 aromatic rings. The fraction of sp³-hybridized carbons (Fsp3) is 0.607. The van der Waals surface area contributed by atoms with Crippen molar-refractivity contribution in [3.63, 3.8) is 0 Å². The van der Waals surface area contributed by atoms with Crippen LogP contribution in [0.15, 0.2) is 30.5 Å². The van der Waals surface area contributed by atoms with Crippen LogP contribution in [0.1, 0.15) is 104 Å². The third kappa shape index (κ3) is 3.95. The first-order valence-electron chi connectivity index (χ1n) is 13.3. The third-order valence-corrected chi connectivity index (χ3v) is 8.89. The first-order chi connectivity index (χ1) is 16.6. The fourth-order valence-corrected chi connectivity index (χ4v) is 6.72. The average Bonchev–Trinajstić information content (AvgIpc) is 3.37. The SMILES string of the molecule is O=C(O)c1cnn(-c2cccc(C3CCCC(C(=O)N4CCCC4C4CCC4)C3)c2)c1C1CC1. The summed E-state index contributed by atoms with van der Waals surface area (Å²) in [6, 6.07) is 8.92. The standard InChI is InChI=1S/C28H35N3O3/c32-27(30-14-4-11-25(30)18-5-1-6-18)22-9-2-7-20(15-22)21-8-3-10-23(16-21)31-26(19-12-13-19)24(17-29-31)28(33)34/h3,8,10,16-20,22,25H,1-2,4-7,9,11-15H2,(H,33,34). The van der Waals surface area contributed by atoms with Crippen LogP contribution in [0.25, 0.3) is 5.69 Å². The van der Waals surface area contributed by atoms with Crippen molar-refractivity contribution in [2.45, 2.75) is 88.5 Å². The number of carboxylic acids is 1. The van der Waals surface area contributed by atoms with Gasteiger partial charge in [-0.1, -0.05) is 25.0 Å². The second-order valence-electron chi connectivity index (χ2n) is 11.0. The van der Waals surface area contributed by atoms with E-state index in [1.54, 1.807) is 0 Å². The van der Waals surface area contributed by atoms with E-state index in [9.17, 15) is 14.7 Å². The van der Waals surface area contributed by atoms with Gasteiger partial charge in [-0.2, -0.15) is 5.10 Å². The summed E-state index contributed by atoms with van der Waals surface area (Å²) in [5.74, 6) is 1.04. The number of rotatable bonds is 6. The van der Waals surface area contributed by atoms with Crippen LogP contribution in [-0.2, 0) is 4.79 Å². The molecule has 0 radical (unpaired) electrons. The van der Waals surface area contributed by atoms with Gasteiger partial charge in [0, 0.05) is 24.4 Å². The number of aromatic carboxylic acids is 1. The summed E-state index contributed by atoms with van der Waals surface area (Å²) in [6.45, 7) is 0.950. The molecule has 1 aliphatic heterocycles. The number of aromatic nitrogens is 2. The molecule has 4 fully saturated rings. The van der Waals surface area contributed by atoms with Crippen molar-refractivity contribution < 1.29 is 14.7 Å². The summed E-state index contributed by atoms with van der Waals surface area (Å²) in [6.07, 6.45) is 14.0. The van der Waals surface area contributed by atoms with Crippen molar-refractivity contribution in [3.8, 4) is 5.69 Å². The molecule has 6 rings (SSSR count). The number of hydrogen-bond donors (Lipinski definition) is 1. The minimum atomic E-state index is -0.903. The molecule has 180 valence electrons. The largest absolute Gasteiger partial charge is 0.478 e. The van der Waals surface area contributed by atoms with Crippen molar-refractivity contribution >= 4 is 11.9 Å². The Labute approximate surface area is 201 Å². The summed E-state index contributed by atoms with van der Waals surface area (Å²) in [4.78, 5) is 27.5. The third-order valence-electron chi connectivity index (χ3n) is 8.89. The molecule has 1 aromatic heterocycles. The van der Waals surface area contributed by atoms with E-state index in [1.807, 2.05) is 10.7 Å². The number of carboxylic acid groups (broad SMARTS) is 1. The first-order valence-corrected chi connectivity index (χ1v) is 13.3. The van der Waals surface area contributed by atoms with Gasteiger partial charge in [0.1, 0.15) is 5.56 Å². The summed E-state index contributed by atoms with van der Waals surface area (Å²) in [5.41, 5.74) is 3.34. The maximum absolute atomic E-state index is 13.6. The van der Waals surface area contributed by atoms with Gasteiger partial charge in [0.25, 0.3) is 0 Å². The van der Waals surface area contributed by atoms with Crippen LogP contribution in [0.4, 0.5) is 0 Å². The average molecular weight is 462 g/mol. The van der Waals surface area contributed by atoms with Crippen LogP contribution < -0.4 is 0 Å². The molecule has 3 atom stereocenters. The van der Waals surface area contributed by atoms with Gasteiger partial charge in [-0.05, 0) is 87.3 Å². The molecule has 0 bridgehead atoms. The maximum Gasteiger partial charge on any atom is 0.339 e. The highest BCUT2D eigenvalue weighted by molar-refractivity contribution is 5.89. The van der Waals surface area contributed by atoms with Gasteiger partial charge in [-0.15, -0.1) is 0 Å². The Kier molecular flexibility index (Phi) is 5.70. The van der Waals surface area contributed by atoms with Gasteiger partial charge < -0.3 is 10.0 Å². The number of nitrogens with zero attached hydrogens (tertiary/aromatic N) is 3. The Morgan fingerprint density at radius 3 is 2.50 bits per heavy atom. The highest BCUT2D eigenvalue weighted by atomic mass is 16.4. The second kappa shape index (κ2) is 8.86. The summed E-state index contributed by atoms with van der Waals surface area (Å²) in [5, 5.41) is 14.1. The quantitative estimate of drug-likeness (QED) is 0.615. The predicted molar refractivity (Wildman–Crippen MR) is 129 cm³/mol. The van der Waals surface area contributed by atoms with E-state index in [2.05, 4.69) is 28.2 Å². The molecule has 6 nitrogen and oxygen atoms in total. The molecular formula is C28H35N3O3.